The van der Waals surface area contributed by atoms with Crippen molar-refractivity contribution in [1.82, 2.24) is 15.3 Å². The Hall–Kier alpha value is -1.38. The van der Waals surface area contributed by atoms with Crippen molar-refractivity contribution >= 4 is 0 Å². The van der Waals surface area contributed by atoms with Gasteiger partial charge in [-0.15, -0.1) is 0 Å². The molecule has 1 aromatic heterocycles. The second-order valence-electron chi connectivity index (χ2n) is 4.04. The molecule has 72 valence electrons. The zero-order valence-corrected chi connectivity index (χ0v) is 7.98. The van der Waals surface area contributed by atoms with Crippen LogP contribution in [0, 0.1) is 0 Å². The van der Waals surface area contributed by atoms with E-state index in [1.54, 1.807) is 12.4 Å². The standard InChI is InChI=1S/C11H13N3/c1-2-9-5-10(8(1)6-14-9)11-7-12-3-4-13-11/h3-4,6-7,9-10,14H,1-2,5H2/t9?,10-/m0/s1. The molecule has 3 aliphatic rings. The first kappa shape index (κ1) is 7.97. The van der Waals surface area contributed by atoms with Crippen LogP contribution in [0.1, 0.15) is 30.9 Å². The molecule has 0 amide bonds. The minimum Gasteiger partial charge on any atom is -0.388 e. The molecule has 1 aromatic rings. The third-order valence-corrected chi connectivity index (χ3v) is 3.19. The molecule has 0 saturated heterocycles. The molecule has 1 saturated carbocycles. The molecule has 0 aromatic carbocycles. The van der Waals surface area contributed by atoms with Crippen molar-refractivity contribution in [3.05, 3.63) is 36.1 Å². The van der Waals surface area contributed by atoms with Crippen LogP contribution in [-0.4, -0.2) is 16.0 Å². The lowest BCUT2D eigenvalue weighted by atomic mass is 9.77. The molecule has 1 fully saturated rings. The van der Waals surface area contributed by atoms with E-state index < -0.39 is 0 Å². The van der Waals surface area contributed by atoms with Gasteiger partial charge in [0.1, 0.15) is 0 Å². The van der Waals surface area contributed by atoms with E-state index in [0.717, 1.165) is 5.69 Å². The third kappa shape index (κ3) is 1.20. The predicted octanol–water partition coefficient (Wildman–Crippen LogP) is 1.60. The highest BCUT2D eigenvalue weighted by Gasteiger charge is 2.31. The molecular formula is C11H13N3. The molecule has 1 N–H and O–H groups in total. The van der Waals surface area contributed by atoms with Gasteiger partial charge in [0.15, 0.2) is 0 Å². The van der Waals surface area contributed by atoms with E-state index in [4.69, 9.17) is 0 Å². The summed E-state index contributed by atoms with van der Waals surface area (Å²) in [5, 5.41) is 3.41. The minimum atomic E-state index is 0.517. The fraction of sp³-hybridized carbons (Fsp3) is 0.455. The van der Waals surface area contributed by atoms with Gasteiger partial charge in [-0.1, -0.05) is 0 Å². The van der Waals surface area contributed by atoms with Gasteiger partial charge in [0.25, 0.3) is 0 Å². The van der Waals surface area contributed by atoms with Crippen molar-refractivity contribution in [3.63, 3.8) is 0 Å². The summed E-state index contributed by atoms with van der Waals surface area (Å²) >= 11 is 0. The topological polar surface area (TPSA) is 37.8 Å². The van der Waals surface area contributed by atoms with Crippen LogP contribution >= 0.6 is 0 Å². The normalized spacial score (nSPS) is 29.6. The number of nitrogens with zero attached hydrogens (tertiary/aromatic N) is 2. The molecule has 2 atom stereocenters. The van der Waals surface area contributed by atoms with Gasteiger partial charge in [-0.2, -0.15) is 0 Å². The van der Waals surface area contributed by atoms with E-state index in [-0.39, 0.29) is 0 Å². The first-order valence-corrected chi connectivity index (χ1v) is 5.14. The van der Waals surface area contributed by atoms with Crippen LogP contribution in [0.25, 0.3) is 0 Å². The summed E-state index contributed by atoms with van der Waals surface area (Å²) in [7, 11) is 0. The molecule has 1 aliphatic carbocycles. The van der Waals surface area contributed by atoms with Crippen molar-refractivity contribution in [2.75, 3.05) is 0 Å². The van der Waals surface area contributed by atoms with Gasteiger partial charge in [0, 0.05) is 30.6 Å². The number of rotatable bonds is 1. The Labute approximate surface area is 83.3 Å². The van der Waals surface area contributed by atoms with Crippen LogP contribution in [0.5, 0.6) is 0 Å². The maximum absolute atomic E-state index is 4.39. The average Bonchev–Trinajstić information content (AvgIpc) is 2.32. The Morgan fingerprint density at radius 2 is 2.36 bits per heavy atom. The fourth-order valence-corrected chi connectivity index (χ4v) is 2.42. The number of aromatic nitrogens is 2. The van der Waals surface area contributed by atoms with Crippen LogP contribution in [0.3, 0.4) is 0 Å². The van der Waals surface area contributed by atoms with Crippen LogP contribution in [-0.2, 0) is 0 Å². The van der Waals surface area contributed by atoms with E-state index in [2.05, 4.69) is 21.5 Å². The lowest BCUT2D eigenvalue weighted by Crippen LogP contribution is -2.37. The van der Waals surface area contributed by atoms with Crippen LogP contribution < -0.4 is 5.32 Å². The average molecular weight is 187 g/mol. The largest absolute Gasteiger partial charge is 0.388 e. The van der Waals surface area contributed by atoms with Gasteiger partial charge in [0.05, 0.1) is 5.69 Å². The van der Waals surface area contributed by atoms with Gasteiger partial charge in [-0.25, -0.2) is 0 Å². The molecule has 3 heterocycles. The molecule has 1 unspecified atom stereocenters. The van der Waals surface area contributed by atoms with Crippen molar-refractivity contribution in [3.8, 4) is 0 Å². The van der Waals surface area contributed by atoms with Gasteiger partial charge >= 0.3 is 0 Å². The van der Waals surface area contributed by atoms with Crippen LogP contribution in [0.15, 0.2) is 30.4 Å². The fourth-order valence-electron chi connectivity index (χ4n) is 2.42. The highest BCUT2D eigenvalue weighted by Crippen LogP contribution is 2.38. The van der Waals surface area contributed by atoms with Gasteiger partial charge in [-0.3, -0.25) is 9.97 Å². The van der Waals surface area contributed by atoms with E-state index in [0.29, 0.717) is 12.0 Å². The maximum atomic E-state index is 4.39. The smallest absolute Gasteiger partial charge is 0.0659 e. The molecule has 0 spiro atoms. The zero-order chi connectivity index (χ0) is 9.38. The second kappa shape index (κ2) is 3.08. The van der Waals surface area contributed by atoms with Gasteiger partial charge in [-0.05, 0) is 31.0 Å². The van der Waals surface area contributed by atoms with Crippen molar-refractivity contribution in [2.45, 2.75) is 31.2 Å². The summed E-state index contributed by atoms with van der Waals surface area (Å²) < 4.78 is 0. The Morgan fingerprint density at radius 1 is 1.36 bits per heavy atom. The van der Waals surface area contributed by atoms with E-state index in [1.165, 1.54) is 24.8 Å². The highest BCUT2D eigenvalue weighted by atomic mass is 14.9. The predicted molar refractivity (Wildman–Crippen MR) is 53.6 cm³/mol. The van der Waals surface area contributed by atoms with Crippen LogP contribution in [0.2, 0.25) is 0 Å². The van der Waals surface area contributed by atoms with Crippen molar-refractivity contribution in [2.24, 2.45) is 0 Å². The SMILES string of the molecule is C1=C2CCC(C[C@@H]2c2cnccn2)N1. The summed E-state index contributed by atoms with van der Waals surface area (Å²) in [5.74, 6) is 0.517. The summed E-state index contributed by atoms with van der Waals surface area (Å²) in [6, 6.07) is 0.652. The summed E-state index contributed by atoms with van der Waals surface area (Å²) in [6.45, 7) is 0. The number of nitrogens with one attached hydrogen (secondary N) is 1. The maximum Gasteiger partial charge on any atom is 0.0659 e. The lowest BCUT2D eigenvalue weighted by Gasteiger charge is -2.36. The second-order valence-corrected chi connectivity index (χ2v) is 4.04. The van der Waals surface area contributed by atoms with E-state index in [9.17, 15) is 0 Å². The monoisotopic (exact) mass is 187 g/mol. The number of hydrogen-bond donors (Lipinski definition) is 1. The van der Waals surface area contributed by atoms with Crippen molar-refractivity contribution < 1.29 is 0 Å². The molecule has 3 nitrogen and oxygen atoms in total. The van der Waals surface area contributed by atoms with Gasteiger partial charge in [0.2, 0.25) is 0 Å². The molecular weight excluding hydrogens is 174 g/mol. The Morgan fingerprint density at radius 3 is 2.93 bits per heavy atom. The van der Waals surface area contributed by atoms with Crippen LogP contribution in [0.4, 0.5) is 0 Å². The van der Waals surface area contributed by atoms with Gasteiger partial charge < -0.3 is 5.32 Å². The summed E-state index contributed by atoms with van der Waals surface area (Å²) in [4.78, 5) is 8.52. The lowest BCUT2D eigenvalue weighted by molar-refractivity contribution is 0.388. The van der Waals surface area contributed by atoms with E-state index in [1.807, 2.05) is 6.20 Å². The summed E-state index contributed by atoms with van der Waals surface area (Å²) in [6.07, 6.45) is 11.3. The first-order valence-electron chi connectivity index (χ1n) is 5.14. The highest BCUT2D eigenvalue weighted by molar-refractivity contribution is 5.27. The Kier molecular flexibility index (Phi) is 1.76. The molecule has 4 rings (SSSR count). The van der Waals surface area contributed by atoms with E-state index >= 15 is 0 Å². The third-order valence-electron chi connectivity index (χ3n) is 3.19. The minimum absolute atomic E-state index is 0.517. The Bertz CT molecular complexity index is 358. The molecule has 3 heteroatoms. The molecule has 14 heavy (non-hydrogen) atoms. The molecule has 2 aliphatic heterocycles. The Balaban J connectivity index is 1.94. The first-order chi connectivity index (χ1) is 6.93. The molecule has 2 bridgehead atoms. The number of allylic oxidation sites excluding steroid dienone is 1. The number of hydrogen-bond acceptors (Lipinski definition) is 3. The molecule has 0 radical (unpaired) electrons. The summed E-state index contributed by atoms with van der Waals surface area (Å²) in [5.41, 5.74) is 2.62. The quantitative estimate of drug-likeness (QED) is 0.725. The zero-order valence-electron chi connectivity index (χ0n) is 7.98. The number of fused-ring (bicyclic) bond motifs is 3. The van der Waals surface area contributed by atoms with Crippen molar-refractivity contribution in [1.29, 1.82) is 0 Å².